The van der Waals surface area contributed by atoms with E-state index in [1.165, 1.54) is 6.92 Å². The fourth-order valence-corrected chi connectivity index (χ4v) is 14.3. The number of ether oxygens (including phenoxy) is 17. The Hall–Kier alpha value is -3.76. The monoisotopic (exact) mass is 1620 g/mol. The predicted octanol–water partition coefficient (Wildman–Crippen LogP) is -19.0. The van der Waals surface area contributed by atoms with Gasteiger partial charge in [0.2, 0.25) is 23.6 Å². The summed E-state index contributed by atoms with van der Waals surface area (Å²) in [5.74, 6) is -3.54. The van der Waals surface area contributed by atoms with Crippen LogP contribution in [0.5, 0.6) is 0 Å². The van der Waals surface area contributed by atoms with Crippen LogP contribution in [0.4, 0.5) is 0 Å². The summed E-state index contributed by atoms with van der Waals surface area (Å²) in [7, 11) is 0. The Labute approximate surface area is 629 Å². The van der Waals surface area contributed by atoms with Gasteiger partial charge in [0.05, 0.1) is 59.0 Å². The molecule has 0 aliphatic carbocycles. The molecule has 0 saturated carbocycles. The smallest absolute Gasteiger partial charge is 0.217 e. The highest BCUT2D eigenvalue weighted by atomic mass is 16.8. The van der Waals surface area contributed by atoms with Gasteiger partial charge in [-0.15, -0.1) is 0 Å². The van der Waals surface area contributed by atoms with Crippen molar-refractivity contribution in [2.45, 2.75) is 311 Å². The molecule has 49 heteroatoms. The highest BCUT2D eigenvalue weighted by Crippen LogP contribution is 2.40. The maximum absolute atomic E-state index is 13.2. The fourth-order valence-electron chi connectivity index (χ4n) is 14.3. The summed E-state index contributed by atoms with van der Waals surface area (Å²) in [5, 5.41) is 276. The second-order valence-electron chi connectivity index (χ2n) is 28.2. The Morgan fingerprint density at radius 3 is 1.04 bits per heavy atom. The number of hydrogen-bond acceptors (Lipinski definition) is 45. The van der Waals surface area contributed by atoms with E-state index in [1.54, 1.807) is 0 Å². The fraction of sp³-hybridized carbons (Fsp3) is 0.935. The molecule has 0 radical (unpaired) electrons. The molecule has 9 saturated heterocycles. The standard InChI is InChI=1S/C62H104N4O45/c1-14-31(77)41(87)44(90)58(97-14)96-13-26-50(38(84)27(54(94)98-26)63-15(2)73)107-56-29(65-17(4)75)40(86)49(24(11-72)103-56)108-61-47(93)52(36(82)25(105-61)12-95-59-46(92)51(35(81)22(9-70)100-59)109-60-45(91)42(88)33(79)20(7-68)101-60)110-62-53(43(89)34(80)21(8-69)102-62)111-57-30(66-18(5)76)39(85)48(23(10-71)104-57)106-55-28(64-16(3)74)37(83)32(78)19(6-67)99-55/h14,19-62,67-72,77-94H,6-13H2,1-5H3,(H,63,73)(H,64,74)(H,65,75)(H,66,76)/t14-,19+,20+,21+,22+,23+,24+,25+,26+,27+,28+,29+,30+,31+,32-,33+,34+,35+,36+,37+,38+,39+,40+,41+,42-,43-,44-,45-,46-,47-,48+,49+,50+,51-,52-,53-,54+,55-,56-,57-,58+,59-,60+,61-,62+/m0/s1. The number of aliphatic hydroxyl groups is 24. The van der Waals surface area contributed by atoms with Crippen LogP contribution >= 0.6 is 0 Å². The lowest BCUT2D eigenvalue weighted by molar-refractivity contribution is -0.397. The molecule has 4 amide bonds. The lowest BCUT2D eigenvalue weighted by Crippen LogP contribution is -2.71. The van der Waals surface area contributed by atoms with Crippen LogP contribution in [0.1, 0.15) is 34.6 Å². The molecule has 111 heavy (non-hydrogen) atoms. The normalized spacial score (nSPS) is 49.3. The summed E-state index contributed by atoms with van der Waals surface area (Å²) in [4.78, 5) is 50.9. The van der Waals surface area contributed by atoms with Crippen molar-refractivity contribution in [2.24, 2.45) is 0 Å². The number of amides is 4. The largest absolute Gasteiger partial charge is 0.394 e. The van der Waals surface area contributed by atoms with E-state index in [9.17, 15) is 142 Å². The first-order chi connectivity index (χ1) is 52.4. The van der Waals surface area contributed by atoms with Gasteiger partial charge >= 0.3 is 0 Å². The maximum Gasteiger partial charge on any atom is 0.217 e. The predicted molar refractivity (Wildman–Crippen MR) is 342 cm³/mol. The van der Waals surface area contributed by atoms with E-state index in [0.29, 0.717) is 0 Å². The van der Waals surface area contributed by atoms with Crippen molar-refractivity contribution in [1.82, 2.24) is 21.3 Å². The summed E-state index contributed by atoms with van der Waals surface area (Å²) < 4.78 is 100. The van der Waals surface area contributed by atoms with Crippen molar-refractivity contribution in [3.63, 3.8) is 0 Å². The van der Waals surface area contributed by atoms with Crippen LogP contribution in [-0.2, 0) is 99.7 Å². The minimum atomic E-state index is -2.56. The molecule has 45 atom stereocenters. The van der Waals surface area contributed by atoms with E-state index in [2.05, 4.69) is 21.3 Å². The lowest BCUT2D eigenvalue weighted by atomic mass is 9.93. The van der Waals surface area contributed by atoms with Gasteiger partial charge in [0.15, 0.2) is 56.6 Å². The first kappa shape index (κ1) is 91.1. The molecule has 0 bridgehead atoms. The summed E-state index contributed by atoms with van der Waals surface area (Å²) >= 11 is 0. The van der Waals surface area contributed by atoms with Crippen LogP contribution in [0.15, 0.2) is 0 Å². The average Bonchev–Trinajstić information content (AvgIpc) is 0.764. The van der Waals surface area contributed by atoms with Crippen molar-refractivity contribution in [3.05, 3.63) is 0 Å². The molecule has 9 heterocycles. The highest BCUT2D eigenvalue weighted by Gasteiger charge is 2.61. The first-order valence-electron chi connectivity index (χ1n) is 35.5. The summed E-state index contributed by atoms with van der Waals surface area (Å²) in [6.07, 6.45) is -83.0. The van der Waals surface area contributed by atoms with Crippen LogP contribution < -0.4 is 21.3 Å². The molecule has 0 aromatic carbocycles. The summed E-state index contributed by atoms with van der Waals surface area (Å²) in [6.45, 7) is -3.27. The van der Waals surface area contributed by atoms with Crippen molar-refractivity contribution >= 4 is 23.6 Å². The van der Waals surface area contributed by atoms with Gasteiger partial charge in [-0.25, -0.2) is 0 Å². The van der Waals surface area contributed by atoms with Gasteiger partial charge < -0.3 is 224 Å². The molecule has 9 fully saturated rings. The molecule has 9 aliphatic rings. The SMILES string of the molecule is CC(=O)N[C@@H]1[C@@H](O)[C@H](O[C@@H]2O[C@H](CO)[C@@H](O[C@@H]3O[C@H](CO[C@H]4O[C@H](CO)[C@@H](O)[C@H](O[C@H]5O[C@H](CO)[C@@H](O)[C@H](O)[C@@H]5O)[C@@H]4O)[C@@H](O)[C@H](O[C@H]4O[C@H](CO)[C@@H](O)[C@H](O)[C@@H]4O[C@@H]4O[C@H](CO)[C@@H](O[C@@H]5O[C@H](CO)[C@H](O)[C@H](O)[C@H]5NC(C)=O)[C@H](O)[C@H]4NC(C)=O)[C@@H]3O)[C@H](O)[C@H]2NC(C)=O)[C@@H](CO[C@@H]2O[C@@H](C)[C@@H](O)[C@@H](O)[C@@H]2O)O[C@H]1O. The summed E-state index contributed by atoms with van der Waals surface area (Å²) in [5.41, 5.74) is 0. The third-order valence-electron chi connectivity index (χ3n) is 20.3. The minimum Gasteiger partial charge on any atom is -0.394 e. The lowest BCUT2D eigenvalue weighted by Gasteiger charge is -2.51. The summed E-state index contributed by atoms with van der Waals surface area (Å²) in [6, 6.07) is -7.31. The number of hydrogen-bond donors (Lipinski definition) is 28. The zero-order chi connectivity index (χ0) is 81.8. The second-order valence-corrected chi connectivity index (χ2v) is 28.2. The van der Waals surface area contributed by atoms with Gasteiger partial charge in [0.25, 0.3) is 0 Å². The molecule has 28 N–H and O–H groups in total. The number of nitrogens with one attached hydrogen (secondary N) is 4. The molecule has 9 rings (SSSR count). The van der Waals surface area contributed by atoms with Gasteiger partial charge in [-0.1, -0.05) is 0 Å². The van der Waals surface area contributed by atoms with Crippen LogP contribution in [-0.4, -0.2) is 475 Å². The molecule has 0 aromatic rings. The van der Waals surface area contributed by atoms with Gasteiger partial charge in [0, 0.05) is 27.7 Å². The number of carbonyl (C=O) groups excluding carboxylic acids is 4. The Kier molecular flexibility index (Phi) is 32.6. The molecular weight excluding hydrogens is 1520 g/mol. The van der Waals surface area contributed by atoms with Crippen LogP contribution in [0.25, 0.3) is 0 Å². The van der Waals surface area contributed by atoms with E-state index in [0.717, 1.165) is 27.7 Å². The molecule has 49 nitrogen and oxygen atoms in total. The second kappa shape index (κ2) is 39.7. The molecular formula is C62H104N4O45. The zero-order valence-corrected chi connectivity index (χ0v) is 59.9. The van der Waals surface area contributed by atoms with Crippen LogP contribution in [0.2, 0.25) is 0 Å². The van der Waals surface area contributed by atoms with E-state index in [-0.39, 0.29) is 0 Å². The molecule has 9 aliphatic heterocycles. The zero-order valence-electron chi connectivity index (χ0n) is 59.9. The molecule has 0 spiro atoms. The van der Waals surface area contributed by atoms with Crippen molar-refractivity contribution < 1.29 is 222 Å². The van der Waals surface area contributed by atoms with Crippen molar-refractivity contribution in [2.75, 3.05) is 52.9 Å². The number of rotatable bonds is 28. The molecule has 642 valence electrons. The first-order valence-corrected chi connectivity index (χ1v) is 35.5. The van der Waals surface area contributed by atoms with E-state index < -0.39 is 353 Å². The van der Waals surface area contributed by atoms with Gasteiger partial charge in [-0.05, 0) is 6.92 Å². The topological polar surface area (TPSA) is 759 Å². The minimum absolute atomic E-state index is 0.803. The highest BCUT2D eigenvalue weighted by molar-refractivity contribution is 5.74. The quantitative estimate of drug-likeness (QED) is 0.0346. The van der Waals surface area contributed by atoms with E-state index in [4.69, 9.17) is 80.5 Å². The maximum atomic E-state index is 13.2. The van der Waals surface area contributed by atoms with E-state index >= 15 is 0 Å². The van der Waals surface area contributed by atoms with Crippen LogP contribution in [0.3, 0.4) is 0 Å². The molecule has 0 unspecified atom stereocenters. The van der Waals surface area contributed by atoms with Gasteiger partial charge in [0.1, 0.15) is 213 Å². The molecule has 0 aromatic heterocycles. The van der Waals surface area contributed by atoms with Crippen LogP contribution in [0, 0.1) is 0 Å². The third-order valence-corrected chi connectivity index (χ3v) is 20.3. The van der Waals surface area contributed by atoms with Gasteiger partial charge in [-0.2, -0.15) is 0 Å². The van der Waals surface area contributed by atoms with Gasteiger partial charge in [-0.3, -0.25) is 19.2 Å². The number of aliphatic hydroxyl groups excluding tert-OH is 24. The Morgan fingerprint density at radius 1 is 0.252 bits per heavy atom. The van der Waals surface area contributed by atoms with E-state index in [1.807, 2.05) is 0 Å². The average molecular weight is 1630 g/mol. The number of carbonyl (C=O) groups is 4. The Bertz CT molecular complexity index is 2950. The Morgan fingerprint density at radius 2 is 0.550 bits per heavy atom. The van der Waals surface area contributed by atoms with Crippen molar-refractivity contribution in [3.8, 4) is 0 Å². The third kappa shape index (κ3) is 20.3. The Balaban J connectivity index is 1.04. The van der Waals surface area contributed by atoms with Crippen molar-refractivity contribution in [1.29, 1.82) is 0 Å².